The first-order valence-electron chi connectivity index (χ1n) is 7.22. The van der Waals surface area contributed by atoms with Gasteiger partial charge in [0.25, 0.3) is 0 Å². The molecule has 110 valence electrons. The third-order valence-corrected chi connectivity index (χ3v) is 4.09. The Hall–Kier alpha value is -1.10. The summed E-state index contributed by atoms with van der Waals surface area (Å²) in [5.74, 6) is -1.95. The minimum Gasteiger partial charge on any atom is -0.481 e. The fraction of sp³-hybridized carbons (Fsp3) is 0.857. The van der Waals surface area contributed by atoms with Crippen LogP contribution in [0.1, 0.15) is 57.8 Å². The van der Waals surface area contributed by atoms with Crippen LogP contribution in [0, 0.1) is 11.8 Å². The standard InChI is InChI=1S/C14H25NO4/c15-12(14(18)19)9-11(13(16)17)8-4-7-10-5-2-1-3-6-10/h10-12H,1-9,15H2,(H,16,17)(H,18,19)/t11-,12-/m1/s1. The molecule has 0 bridgehead atoms. The number of hydrogen-bond donors (Lipinski definition) is 3. The third-order valence-electron chi connectivity index (χ3n) is 4.09. The highest BCUT2D eigenvalue weighted by atomic mass is 16.4. The van der Waals surface area contributed by atoms with Gasteiger partial charge in [0.15, 0.2) is 0 Å². The molecule has 5 heteroatoms. The van der Waals surface area contributed by atoms with Crippen LogP contribution in [0.3, 0.4) is 0 Å². The molecular weight excluding hydrogens is 246 g/mol. The first-order valence-corrected chi connectivity index (χ1v) is 7.22. The van der Waals surface area contributed by atoms with Crippen LogP contribution in [0.15, 0.2) is 0 Å². The zero-order chi connectivity index (χ0) is 14.3. The van der Waals surface area contributed by atoms with Crippen LogP contribution >= 0.6 is 0 Å². The Labute approximate surface area is 114 Å². The maximum Gasteiger partial charge on any atom is 0.320 e. The van der Waals surface area contributed by atoms with E-state index < -0.39 is 23.9 Å². The van der Waals surface area contributed by atoms with E-state index >= 15 is 0 Å². The van der Waals surface area contributed by atoms with Crippen molar-refractivity contribution >= 4 is 11.9 Å². The van der Waals surface area contributed by atoms with Crippen molar-refractivity contribution in [2.75, 3.05) is 0 Å². The molecule has 1 rings (SSSR count). The number of hydrogen-bond acceptors (Lipinski definition) is 3. The Kier molecular flexibility index (Phi) is 6.84. The molecule has 0 heterocycles. The summed E-state index contributed by atoms with van der Waals surface area (Å²) >= 11 is 0. The fourth-order valence-corrected chi connectivity index (χ4v) is 2.88. The Morgan fingerprint density at radius 2 is 1.74 bits per heavy atom. The lowest BCUT2D eigenvalue weighted by Gasteiger charge is -2.22. The van der Waals surface area contributed by atoms with Crippen LogP contribution in [-0.4, -0.2) is 28.2 Å². The Balaban J connectivity index is 2.28. The summed E-state index contributed by atoms with van der Waals surface area (Å²) in [6.45, 7) is 0. The van der Waals surface area contributed by atoms with E-state index in [1.54, 1.807) is 0 Å². The molecule has 19 heavy (non-hydrogen) atoms. The second-order valence-electron chi connectivity index (χ2n) is 5.65. The van der Waals surface area contributed by atoms with Gasteiger partial charge in [-0.25, -0.2) is 0 Å². The number of aliphatic carboxylic acids is 2. The SMILES string of the molecule is N[C@H](C[C@@H](CCCC1CCCCC1)C(=O)O)C(=O)O. The first kappa shape index (κ1) is 16.0. The van der Waals surface area contributed by atoms with Gasteiger partial charge in [-0.2, -0.15) is 0 Å². The van der Waals surface area contributed by atoms with E-state index in [9.17, 15) is 9.59 Å². The molecule has 0 aliphatic heterocycles. The maximum atomic E-state index is 11.1. The quantitative estimate of drug-likeness (QED) is 0.628. The second-order valence-corrected chi connectivity index (χ2v) is 5.65. The molecule has 1 aliphatic carbocycles. The highest BCUT2D eigenvalue weighted by molar-refractivity contribution is 5.75. The van der Waals surface area contributed by atoms with Crippen LogP contribution in [0.5, 0.6) is 0 Å². The van der Waals surface area contributed by atoms with E-state index in [2.05, 4.69) is 0 Å². The summed E-state index contributed by atoms with van der Waals surface area (Å²) in [6.07, 6.45) is 8.89. The van der Waals surface area contributed by atoms with Crippen molar-refractivity contribution in [1.82, 2.24) is 0 Å². The molecule has 0 radical (unpaired) electrons. The average Bonchev–Trinajstić information content (AvgIpc) is 2.38. The lowest BCUT2D eigenvalue weighted by Crippen LogP contribution is -2.34. The normalized spacial score (nSPS) is 19.8. The summed E-state index contributed by atoms with van der Waals surface area (Å²) in [4.78, 5) is 21.8. The molecule has 1 fully saturated rings. The molecule has 1 saturated carbocycles. The minimum absolute atomic E-state index is 0.0231. The van der Waals surface area contributed by atoms with Gasteiger partial charge in [0.1, 0.15) is 6.04 Å². The van der Waals surface area contributed by atoms with Gasteiger partial charge in [-0.05, 0) is 18.8 Å². The van der Waals surface area contributed by atoms with Gasteiger partial charge in [-0.3, -0.25) is 9.59 Å². The molecule has 4 N–H and O–H groups in total. The van der Waals surface area contributed by atoms with Gasteiger partial charge < -0.3 is 15.9 Å². The summed E-state index contributed by atoms with van der Waals surface area (Å²) < 4.78 is 0. The molecule has 0 aromatic rings. The molecule has 0 saturated heterocycles. The van der Waals surface area contributed by atoms with Crippen molar-refractivity contribution in [2.45, 2.75) is 63.8 Å². The Bertz CT molecular complexity index is 300. The van der Waals surface area contributed by atoms with E-state index in [-0.39, 0.29) is 6.42 Å². The fourth-order valence-electron chi connectivity index (χ4n) is 2.88. The monoisotopic (exact) mass is 271 g/mol. The van der Waals surface area contributed by atoms with Crippen molar-refractivity contribution in [2.24, 2.45) is 17.6 Å². The van der Waals surface area contributed by atoms with Gasteiger partial charge in [-0.15, -0.1) is 0 Å². The largest absolute Gasteiger partial charge is 0.481 e. The van der Waals surface area contributed by atoms with Gasteiger partial charge in [0.05, 0.1) is 5.92 Å². The zero-order valence-electron chi connectivity index (χ0n) is 11.4. The van der Waals surface area contributed by atoms with Gasteiger partial charge in [0, 0.05) is 0 Å². The van der Waals surface area contributed by atoms with E-state index in [0.717, 1.165) is 18.8 Å². The molecule has 0 spiro atoms. The van der Waals surface area contributed by atoms with E-state index in [1.807, 2.05) is 0 Å². The predicted octanol–water partition coefficient (Wildman–Crippen LogP) is 2.24. The highest BCUT2D eigenvalue weighted by Gasteiger charge is 2.24. The molecule has 1 aliphatic rings. The molecule has 0 aromatic heterocycles. The van der Waals surface area contributed by atoms with Crippen molar-refractivity contribution in [3.05, 3.63) is 0 Å². The number of carboxylic acids is 2. The van der Waals surface area contributed by atoms with Crippen LogP contribution < -0.4 is 5.73 Å². The van der Waals surface area contributed by atoms with Crippen molar-refractivity contribution in [3.8, 4) is 0 Å². The molecule has 0 unspecified atom stereocenters. The first-order chi connectivity index (χ1) is 9.00. The predicted molar refractivity (Wildman–Crippen MR) is 71.8 cm³/mol. The highest BCUT2D eigenvalue weighted by Crippen LogP contribution is 2.28. The third kappa shape index (κ3) is 6.05. The van der Waals surface area contributed by atoms with Gasteiger partial charge >= 0.3 is 11.9 Å². The van der Waals surface area contributed by atoms with Crippen molar-refractivity contribution in [3.63, 3.8) is 0 Å². The van der Waals surface area contributed by atoms with Crippen molar-refractivity contribution < 1.29 is 19.8 Å². The number of rotatable bonds is 8. The maximum absolute atomic E-state index is 11.1. The lowest BCUT2D eigenvalue weighted by atomic mass is 9.84. The topological polar surface area (TPSA) is 101 Å². The molecule has 0 aromatic carbocycles. The van der Waals surface area contributed by atoms with Gasteiger partial charge in [-0.1, -0.05) is 44.9 Å². The molecule has 0 amide bonds. The van der Waals surface area contributed by atoms with Crippen LogP contribution in [0.25, 0.3) is 0 Å². The summed E-state index contributed by atoms with van der Waals surface area (Å²) in [5.41, 5.74) is 5.41. The van der Waals surface area contributed by atoms with E-state index in [1.165, 1.54) is 32.1 Å². The van der Waals surface area contributed by atoms with E-state index in [0.29, 0.717) is 6.42 Å². The Morgan fingerprint density at radius 3 is 2.26 bits per heavy atom. The summed E-state index contributed by atoms with van der Waals surface area (Å²) in [7, 11) is 0. The average molecular weight is 271 g/mol. The summed E-state index contributed by atoms with van der Waals surface area (Å²) in [6, 6.07) is -1.07. The van der Waals surface area contributed by atoms with Crippen molar-refractivity contribution in [1.29, 1.82) is 0 Å². The van der Waals surface area contributed by atoms with Crippen LogP contribution in [0.4, 0.5) is 0 Å². The Morgan fingerprint density at radius 1 is 1.11 bits per heavy atom. The molecule has 2 atom stereocenters. The lowest BCUT2D eigenvalue weighted by molar-refractivity contribution is -0.143. The smallest absolute Gasteiger partial charge is 0.320 e. The van der Waals surface area contributed by atoms with Crippen LogP contribution in [-0.2, 0) is 9.59 Å². The molecule has 5 nitrogen and oxygen atoms in total. The van der Waals surface area contributed by atoms with Gasteiger partial charge in [0.2, 0.25) is 0 Å². The number of carboxylic acid groups (broad SMARTS) is 2. The number of nitrogens with two attached hydrogens (primary N) is 1. The minimum atomic E-state index is -1.13. The number of carbonyl (C=O) groups is 2. The zero-order valence-corrected chi connectivity index (χ0v) is 11.4. The molecular formula is C14H25NO4. The second kappa shape index (κ2) is 8.15. The summed E-state index contributed by atoms with van der Waals surface area (Å²) in [5, 5.41) is 17.8. The van der Waals surface area contributed by atoms with Crippen LogP contribution in [0.2, 0.25) is 0 Å². The van der Waals surface area contributed by atoms with E-state index in [4.69, 9.17) is 15.9 Å².